The zero-order chi connectivity index (χ0) is 15.7. The third-order valence-electron chi connectivity index (χ3n) is 3.61. The maximum atomic E-state index is 10.3. The lowest BCUT2D eigenvalue weighted by Crippen LogP contribution is -2.33. The lowest BCUT2D eigenvalue weighted by atomic mass is 10.0. The van der Waals surface area contributed by atoms with Crippen LogP contribution in [0.3, 0.4) is 0 Å². The van der Waals surface area contributed by atoms with E-state index in [1.807, 2.05) is 38.1 Å². The molecule has 4 nitrogen and oxygen atoms in total. The number of nitrogens with zero attached hydrogens (tertiary/aromatic N) is 3. The van der Waals surface area contributed by atoms with E-state index in [9.17, 15) is 5.11 Å². The molecular formula is C17H23N3O. The van der Waals surface area contributed by atoms with Gasteiger partial charge in [-0.2, -0.15) is 10.5 Å². The Kier molecular flexibility index (Phi) is 7.46. The summed E-state index contributed by atoms with van der Waals surface area (Å²) >= 11 is 0. The fraction of sp³-hybridized carbons (Fsp3) is 0.529. The molecule has 0 bridgehead atoms. The number of likely N-dealkylation sites (N-methyl/N-ethyl adjacent to an activating group) is 1. The molecule has 0 spiro atoms. The molecule has 0 saturated carbocycles. The topological polar surface area (TPSA) is 71.0 Å². The first-order valence-corrected chi connectivity index (χ1v) is 7.34. The van der Waals surface area contributed by atoms with Crippen molar-refractivity contribution in [2.45, 2.75) is 32.8 Å². The van der Waals surface area contributed by atoms with Gasteiger partial charge in [-0.05, 0) is 25.5 Å². The van der Waals surface area contributed by atoms with Crippen molar-refractivity contribution in [3.8, 4) is 12.1 Å². The molecule has 1 N–H and O–H groups in total. The van der Waals surface area contributed by atoms with Crippen molar-refractivity contribution in [3.63, 3.8) is 0 Å². The Hall–Kier alpha value is -1.88. The van der Waals surface area contributed by atoms with Gasteiger partial charge in [0.1, 0.15) is 0 Å². The fourth-order valence-electron chi connectivity index (χ4n) is 2.22. The first-order valence-electron chi connectivity index (χ1n) is 7.34. The minimum absolute atomic E-state index is 0.158. The second-order valence-electron chi connectivity index (χ2n) is 5.30. The average molecular weight is 285 g/mol. The maximum Gasteiger partial charge on any atom is 0.0916 e. The van der Waals surface area contributed by atoms with Gasteiger partial charge in [0.15, 0.2) is 0 Å². The molecule has 1 aromatic carbocycles. The third kappa shape index (κ3) is 5.95. The van der Waals surface area contributed by atoms with Crippen LogP contribution in [0.4, 0.5) is 0 Å². The van der Waals surface area contributed by atoms with Crippen LogP contribution in [-0.2, 0) is 0 Å². The fourth-order valence-corrected chi connectivity index (χ4v) is 2.22. The van der Waals surface area contributed by atoms with E-state index >= 15 is 0 Å². The van der Waals surface area contributed by atoms with Gasteiger partial charge >= 0.3 is 0 Å². The van der Waals surface area contributed by atoms with Crippen molar-refractivity contribution < 1.29 is 5.11 Å². The second-order valence-corrected chi connectivity index (χ2v) is 5.30. The van der Waals surface area contributed by atoms with E-state index in [1.165, 1.54) is 5.56 Å². The maximum absolute atomic E-state index is 10.3. The molecule has 0 radical (unpaired) electrons. The molecule has 1 rings (SSSR count). The number of hydrogen-bond donors (Lipinski definition) is 1. The van der Waals surface area contributed by atoms with Crippen molar-refractivity contribution in [3.05, 3.63) is 35.4 Å². The Bertz CT molecular complexity index is 498. The van der Waals surface area contributed by atoms with Crippen LogP contribution in [0, 0.1) is 35.5 Å². The zero-order valence-corrected chi connectivity index (χ0v) is 12.8. The third-order valence-corrected chi connectivity index (χ3v) is 3.61. The van der Waals surface area contributed by atoms with E-state index in [1.54, 1.807) is 0 Å². The number of aliphatic hydroxyl groups excluding tert-OH is 1. The lowest BCUT2D eigenvalue weighted by molar-refractivity contribution is 0.110. The smallest absolute Gasteiger partial charge is 0.0916 e. The number of hydrogen-bond acceptors (Lipinski definition) is 4. The summed E-state index contributed by atoms with van der Waals surface area (Å²) in [7, 11) is 0. The summed E-state index contributed by atoms with van der Waals surface area (Å²) in [6, 6.07) is 12.2. The van der Waals surface area contributed by atoms with Gasteiger partial charge in [0.05, 0.1) is 24.2 Å². The normalized spacial score (nSPS) is 13.4. The Labute approximate surface area is 127 Å². The first-order chi connectivity index (χ1) is 10.1. The van der Waals surface area contributed by atoms with Gasteiger partial charge in [0.25, 0.3) is 0 Å². The van der Waals surface area contributed by atoms with E-state index in [0.29, 0.717) is 25.9 Å². The van der Waals surface area contributed by atoms with Crippen molar-refractivity contribution in [1.29, 1.82) is 10.5 Å². The Morgan fingerprint density at radius 3 is 2.38 bits per heavy atom. The number of rotatable bonds is 8. The van der Waals surface area contributed by atoms with E-state index in [2.05, 4.69) is 17.0 Å². The minimum atomic E-state index is -0.555. The van der Waals surface area contributed by atoms with Crippen molar-refractivity contribution in [2.24, 2.45) is 5.92 Å². The van der Waals surface area contributed by atoms with Crippen molar-refractivity contribution >= 4 is 0 Å². The molecule has 2 atom stereocenters. The molecule has 0 aromatic heterocycles. The molecule has 0 aliphatic heterocycles. The Morgan fingerprint density at radius 1 is 1.19 bits per heavy atom. The zero-order valence-electron chi connectivity index (χ0n) is 12.8. The van der Waals surface area contributed by atoms with Gasteiger partial charge in [-0.3, -0.25) is 4.90 Å². The second kappa shape index (κ2) is 9.13. The van der Waals surface area contributed by atoms with Crippen LogP contribution < -0.4 is 0 Å². The number of aliphatic hydroxyl groups is 1. The van der Waals surface area contributed by atoms with E-state index < -0.39 is 6.10 Å². The summed E-state index contributed by atoms with van der Waals surface area (Å²) in [6.45, 7) is 5.90. The SMILES string of the molecule is CCN(CC(C#N)CCC#N)CC(O)c1ccc(C)cc1. The molecule has 2 unspecified atom stereocenters. The summed E-state index contributed by atoms with van der Waals surface area (Å²) in [5, 5.41) is 28.0. The van der Waals surface area contributed by atoms with E-state index in [-0.39, 0.29) is 5.92 Å². The monoisotopic (exact) mass is 285 g/mol. The predicted molar refractivity (Wildman–Crippen MR) is 82.2 cm³/mol. The molecule has 4 heteroatoms. The van der Waals surface area contributed by atoms with Crippen molar-refractivity contribution in [1.82, 2.24) is 4.90 Å². The summed E-state index contributed by atoms with van der Waals surface area (Å²) in [5.41, 5.74) is 2.06. The molecular weight excluding hydrogens is 262 g/mol. The van der Waals surface area contributed by atoms with Crippen LogP contribution in [0.1, 0.15) is 37.0 Å². The molecule has 0 heterocycles. The Balaban J connectivity index is 2.58. The van der Waals surface area contributed by atoms with Crippen LogP contribution in [0.15, 0.2) is 24.3 Å². The number of nitriles is 2. The van der Waals surface area contributed by atoms with E-state index in [4.69, 9.17) is 10.5 Å². The molecule has 21 heavy (non-hydrogen) atoms. The van der Waals surface area contributed by atoms with Crippen LogP contribution in [0.25, 0.3) is 0 Å². The largest absolute Gasteiger partial charge is 0.387 e. The number of aryl methyl sites for hydroxylation is 1. The molecule has 112 valence electrons. The molecule has 0 aliphatic rings. The van der Waals surface area contributed by atoms with Gasteiger partial charge in [-0.1, -0.05) is 36.8 Å². The predicted octanol–water partition coefficient (Wildman–Crippen LogP) is 2.79. The number of benzene rings is 1. The summed E-state index contributed by atoms with van der Waals surface area (Å²) in [4.78, 5) is 2.07. The minimum Gasteiger partial charge on any atom is -0.387 e. The molecule has 0 fully saturated rings. The molecule has 0 amide bonds. The summed E-state index contributed by atoms with van der Waals surface area (Å²) < 4.78 is 0. The van der Waals surface area contributed by atoms with Gasteiger partial charge in [0, 0.05) is 19.5 Å². The van der Waals surface area contributed by atoms with Crippen molar-refractivity contribution in [2.75, 3.05) is 19.6 Å². The summed E-state index contributed by atoms with van der Waals surface area (Å²) in [5.74, 6) is -0.158. The first kappa shape index (κ1) is 17.2. The highest BCUT2D eigenvalue weighted by Crippen LogP contribution is 2.16. The van der Waals surface area contributed by atoms with Crippen LogP contribution in [0.2, 0.25) is 0 Å². The van der Waals surface area contributed by atoms with Crippen LogP contribution in [-0.4, -0.2) is 29.6 Å². The van der Waals surface area contributed by atoms with Gasteiger partial charge in [-0.25, -0.2) is 0 Å². The quantitative estimate of drug-likeness (QED) is 0.797. The lowest BCUT2D eigenvalue weighted by Gasteiger charge is -2.25. The van der Waals surface area contributed by atoms with Crippen LogP contribution >= 0.6 is 0 Å². The van der Waals surface area contributed by atoms with Gasteiger partial charge in [0.2, 0.25) is 0 Å². The highest BCUT2D eigenvalue weighted by molar-refractivity contribution is 5.23. The summed E-state index contributed by atoms with van der Waals surface area (Å²) in [6.07, 6.45) is 0.432. The standard InChI is InChI=1S/C17H23N3O/c1-3-20(12-15(11-19)5-4-10-18)13-17(21)16-8-6-14(2)7-9-16/h6-9,15,17,21H,3-5,12-13H2,1-2H3. The molecule has 1 aromatic rings. The molecule has 0 aliphatic carbocycles. The average Bonchev–Trinajstić information content (AvgIpc) is 2.50. The molecule has 0 saturated heterocycles. The van der Waals surface area contributed by atoms with Gasteiger partial charge in [-0.15, -0.1) is 0 Å². The highest BCUT2D eigenvalue weighted by Gasteiger charge is 2.16. The highest BCUT2D eigenvalue weighted by atomic mass is 16.3. The van der Waals surface area contributed by atoms with Gasteiger partial charge < -0.3 is 5.11 Å². The van der Waals surface area contributed by atoms with Crippen LogP contribution in [0.5, 0.6) is 0 Å². The van der Waals surface area contributed by atoms with E-state index in [0.717, 1.165) is 12.1 Å². The Morgan fingerprint density at radius 2 is 1.86 bits per heavy atom.